The Bertz CT molecular complexity index is 924. The number of hydrogen-bond donors (Lipinski definition) is 1. The van der Waals surface area contributed by atoms with Gasteiger partial charge in [-0.1, -0.05) is 40.9 Å². The van der Waals surface area contributed by atoms with Gasteiger partial charge in [0.25, 0.3) is 0 Å². The number of sulfone groups is 1. The second-order valence-electron chi connectivity index (χ2n) is 4.90. The van der Waals surface area contributed by atoms with Crippen molar-refractivity contribution in [1.82, 2.24) is 0 Å². The monoisotopic (exact) mass is 403 g/mol. The van der Waals surface area contributed by atoms with Crippen molar-refractivity contribution in [1.29, 1.82) is 0 Å². The second-order valence-corrected chi connectivity index (χ2v) is 8.17. The molecule has 0 heterocycles. The van der Waals surface area contributed by atoms with E-state index in [0.29, 0.717) is 15.6 Å². The van der Waals surface area contributed by atoms with Crippen molar-refractivity contribution < 1.29 is 13.2 Å². The van der Waals surface area contributed by atoms with Crippen LogP contribution in [0.4, 0.5) is 5.69 Å². The van der Waals surface area contributed by atoms with Gasteiger partial charge in [0, 0.05) is 22.4 Å². The van der Waals surface area contributed by atoms with Crippen LogP contribution in [-0.4, -0.2) is 20.6 Å². The maximum atomic E-state index is 12.0. The lowest BCUT2D eigenvalue weighted by molar-refractivity contribution is -0.111. The highest BCUT2D eigenvalue weighted by atomic mass is 35.5. The molecule has 4 nitrogen and oxygen atoms in total. The third kappa shape index (κ3) is 4.98. The number of hydrogen-bond acceptors (Lipinski definition) is 3. The van der Waals surface area contributed by atoms with Gasteiger partial charge in [0.1, 0.15) is 0 Å². The lowest BCUT2D eigenvalue weighted by Crippen LogP contribution is -2.09. The lowest BCUT2D eigenvalue weighted by atomic mass is 10.2. The van der Waals surface area contributed by atoms with Crippen LogP contribution in [-0.2, 0) is 14.6 Å². The van der Waals surface area contributed by atoms with Crippen molar-refractivity contribution in [3.05, 3.63) is 63.1 Å². The number of amides is 1. The third-order valence-corrected chi connectivity index (χ3v) is 5.00. The molecule has 126 valence electrons. The molecule has 2 aromatic carbocycles. The first kappa shape index (κ1) is 18.8. The first-order valence-electron chi connectivity index (χ1n) is 6.60. The molecule has 0 aliphatic heterocycles. The minimum absolute atomic E-state index is 0.0620. The average Bonchev–Trinajstić information content (AvgIpc) is 2.47. The molecule has 0 aromatic heterocycles. The van der Waals surface area contributed by atoms with Crippen molar-refractivity contribution in [3.8, 4) is 0 Å². The molecule has 0 aliphatic rings. The summed E-state index contributed by atoms with van der Waals surface area (Å²) in [6.07, 6.45) is 3.85. The molecule has 0 fully saturated rings. The maximum absolute atomic E-state index is 12.0. The summed E-state index contributed by atoms with van der Waals surface area (Å²) in [5.41, 5.74) is 0.823. The molecule has 0 aliphatic carbocycles. The van der Waals surface area contributed by atoms with E-state index in [4.69, 9.17) is 34.8 Å². The van der Waals surface area contributed by atoms with Crippen molar-refractivity contribution >= 4 is 62.3 Å². The quantitative estimate of drug-likeness (QED) is 0.751. The van der Waals surface area contributed by atoms with E-state index in [0.717, 1.165) is 6.26 Å². The standard InChI is InChI=1S/C16H12Cl3NO3S/c1-24(22,23)12-5-6-13(18)15(9-12)20-16(21)7-3-10-2-4-11(17)8-14(10)19/h2-9H,1H3,(H,20,21)/b7-3+. The van der Waals surface area contributed by atoms with Crippen LogP contribution in [0.15, 0.2) is 47.4 Å². The van der Waals surface area contributed by atoms with Gasteiger partial charge in [0.05, 0.1) is 15.6 Å². The molecular weight excluding hydrogens is 393 g/mol. The van der Waals surface area contributed by atoms with Gasteiger partial charge in [-0.25, -0.2) is 8.42 Å². The summed E-state index contributed by atoms with van der Waals surface area (Å²) in [4.78, 5) is 12.1. The van der Waals surface area contributed by atoms with E-state index in [1.165, 1.54) is 30.4 Å². The fourth-order valence-electron chi connectivity index (χ4n) is 1.81. The SMILES string of the molecule is CS(=O)(=O)c1ccc(Cl)c(NC(=O)/C=C/c2ccc(Cl)cc2Cl)c1. The Kier molecular flexibility index (Phi) is 5.93. The zero-order valence-corrected chi connectivity index (χ0v) is 15.5. The molecule has 0 spiro atoms. The third-order valence-electron chi connectivity index (χ3n) is 3.00. The van der Waals surface area contributed by atoms with Crippen LogP contribution < -0.4 is 5.32 Å². The van der Waals surface area contributed by atoms with Crippen LogP contribution in [0, 0.1) is 0 Å². The van der Waals surface area contributed by atoms with Gasteiger partial charge in [0.2, 0.25) is 5.91 Å². The number of anilines is 1. The highest BCUT2D eigenvalue weighted by molar-refractivity contribution is 7.90. The van der Waals surface area contributed by atoms with Crippen molar-refractivity contribution in [3.63, 3.8) is 0 Å². The van der Waals surface area contributed by atoms with Crippen molar-refractivity contribution in [2.75, 3.05) is 11.6 Å². The Morgan fingerprint density at radius 1 is 1.04 bits per heavy atom. The number of benzene rings is 2. The van der Waals surface area contributed by atoms with Crippen molar-refractivity contribution in [2.24, 2.45) is 0 Å². The molecule has 0 radical (unpaired) electrons. The molecule has 2 aromatic rings. The van der Waals surface area contributed by atoms with Gasteiger partial charge in [-0.2, -0.15) is 0 Å². The zero-order chi connectivity index (χ0) is 17.9. The van der Waals surface area contributed by atoms with Crippen LogP contribution in [0.25, 0.3) is 6.08 Å². The largest absolute Gasteiger partial charge is 0.321 e. The van der Waals surface area contributed by atoms with E-state index in [9.17, 15) is 13.2 Å². The molecule has 0 unspecified atom stereocenters. The summed E-state index contributed by atoms with van der Waals surface area (Å²) < 4.78 is 23.1. The van der Waals surface area contributed by atoms with Crippen molar-refractivity contribution in [2.45, 2.75) is 4.90 Å². The molecule has 1 N–H and O–H groups in total. The molecule has 2 rings (SSSR count). The fraction of sp³-hybridized carbons (Fsp3) is 0.0625. The minimum Gasteiger partial charge on any atom is -0.321 e. The van der Waals surface area contributed by atoms with E-state index in [-0.39, 0.29) is 15.6 Å². The molecule has 0 bridgehead atoms. The molecule has 8 heteroatoms. The van der Waals surface area contributed by atoms with E-state index in [2.05, 4.69) is 5.32 Å². The van der Waals surface area contributed by atoms with E-state index < -0.39 is 15.7 Å². The second kappa shape index (κ2) is 7.57. The van der Waals surface area contributed by atoms with Gasteiger partial charge < -0.3 is 5.32 Å². The molecule has 24 heavy (non-hydrogen) atoms. The summed E-state index contributed by atoms with van der Waals surface area (Å²) >= 11 is 17.8. The van der Waals surface area contributed by atoms with Crippen LogP contribution >= 0.6 is 34.8 Å². The average molecular weight is 405 g/mol. The van der Waals surface area contributed by atoms with E-state index in [1.807, 2.05) is 0 Å². The Hall–Kier alpha value is -1.53. The fourth-order valence-corrected chi connectivity index (χ4v) is 3.09. The number of rotatable bonds is 4. The van der Waals surface area contributed by atoms with Gasteiger partial charge in [-0.15, -0.1) is 0 Å². The van der Waals surface area contributed by atoms with Gasteiger partial charge in [0.15, 0.2) is 9.84 Å². The highest BCUT2D eigenvalue weighted by Gasteiger charge is 2.11. The zero-order valence-electron chi connectivity index (χ0n) is 12.4. The number of halogens is 3. The van der Waals surface area contributed by atoms with E-state index in [1.54, 1.807) is 18.2 Å². The Morgan fingerprint density at radius 2 is 1.75 bits per heavy atom. The van der Waals surface area contributed by atoms with E-state index >= 15 is 0 Å². The summed E-state index contributed by atoms with van der Waals surface area (Å²) in [6, 6.07) is 8.97. The number of nitrogens with one attached hydrogen (secondary N) is 1. The summed E-state index contributed by atoms with van der Waals surface area (Å²) in [5.74, 6) is -0.478. The first-order valence-corrected chi connectivity index (χ1v) is 9.63. The first-order chi connectivity index (χ1) is 11.2. The highest BCUT2D eigenvalue weighted by Crippen LogP contribution is 2.26. The molecule has 0 saturated heterocycles. The Balaban J connectivity index is 2.19. The van der Waals surface area contributed by atoms with Gasteiger partial charge in [-0.3, -0.25) is 4.79 Å². The lowest BCUT2D eigenvalue weighted by Gasteiger charge is -2.07. The minimum atomic E-state index is -3.40. The van der Waals surface area contributed by atoms with Crippen LogP contribution in [0.2, 0.25) is 15.1 Å². The number of carbonyl (C=O) groups is 1. The van der Waals surface area contributed by atoms with Crippen LogP contribution in [0.5, 0.6) is 0 Å². The maximum Gasteiger partial charge on any atom is 0.248 e. The summed E-state index contributed by atoms with van der Waals surface area (Å²) in [6.45, 7) is 0. The molecule has 1 amide bonds. The number of carbonyl (C=O) groups excluding carboxylic acids is 1. The normalized spacial score (nSPS) is 11.7. The van der Waals surface area contributed by atoms with Gasteiger partial charge >= 0.3 is 0 Å². The van der Waals surface area contributed by atoms with Crippen LogP contribution in [0.1, 0.15) is 5.56 Å². The molecule has 0 saturated carbocycles. The predicted molar refractivity (Wildman–Crippen MR) is 98.7 cm³/mol. The van der Waals surface area contributed by atoms with Crippen LogP contribution in [0.3, 0.4) is 0 Å². The predicted octanol–water partition coefficient (Wildman–Crippen LogP) is 4.70. The Morgan fingerprint density at radius 3 is 2.38 bits per heavy atom. The smallest absolute Gasteiger partial charge is 0.248 e. The summed E-state index contributed by atoms with van der Waals surface area (Å²) in [7, 11) is -3.40. The summed E-state index contributed by atoms with van der Waals surface area (Å²) in [5, 5.41) is 3.66. The van der Waals surface area contributed by atoms with Gasteiger partial charge in [-0.05, 0) is 42.0 Å². The Labute approximate surface area is 155 Å². The topological polar surface area (TPSA) is 63.2 Å². The molecule has 0 atom stereocenters. The molecular formula is C16H12Cl3NO3S.